The van der Waals surface area contributed by atoms with E-state index in [1.807, 2.05) is 24.3 Å². The lowest BCUT2D eigenvalue weighted by Crippen LogP contribution is -2.23. The van der Waals surface area contributed by atoms with Gasteiger partial charge < -0.3 is 20.1 Å². The first-order valence-electron chi connectivity index (χ1n) is 9.21. The molecule has 3 aromatic carbocycles. The van der Waals surface area contributed by atoms with Gasteiger partial charge in [0.15, 0.2) is 11.5 Å². The van der Waals surface area contributed by atoms with E-state index >= 15 is 0 Å². The van der Waals surface area contributed by atoms with Crippen LogP contribution in [0.1, 0.15) is 31.8 Å². The molecular weight excluding hydrogens is 382 g/mol. The first kappa shape index (κ1) is 19.0. The van der Waals surface area contributed by atoms with Gasteiger partial charge in [-0.2, -0.15) is 5.26 Å². The summed E-state index contributed by atoms with van der Waals surface area (Å²) in [6.45, 7) is 0.538. The van der Waals surface area contributed by atoms with E-state index in [0.717, 1.165) is 5.56 Å². The fourth-order valence-electron chi connectivity index (χ4n) is 2.99. The van der Waals surface area contributed by atoms with Gasteiger partial charge in [0.05, 0.1) is 11.3 Å². The molecule has 0 unspecified atom stereocenters. The zero-order valence-electron chi connectivity index (χ0n) is 15.8. The Balaban J connectivity index is 1.37. The largest absolute Gasteiger partial charge is 0.454 e. The molecule has 0 fully saturated rings. The van der Waals surface area contributed by atoms with E-state index in [1.54, 1.807) is 48.5 Å². The average molecular weight is 399 g/mol. The Morgan fingerprint density at radius 3 is 2.37 bits per heavy atom. The summed E-state index contributed by atoms with van der Waals surface area (Å²) in [5.41, 5.74) is 2.53. The van der Waals surface area contributed by atoms with Crippen LogP contribution >= 0.6 is 0 Å². The number of nitrogens with one attached hydrogen (secondary N) is 2. The van der Waals surface area contributed by atoms with E-state index in [2.05, 4.69) is 10.6 Å². The summed E-state index contributed by atoms with van der Waals surface area (Å²) >= 11 is 0. The van der Waals surface area contributed by atoms with Crippen molar-refractivity contribution in [2.24, 2.45) is 0 Å². The lowest BCUT2D eigenvalue weighted by Gasteiger charge is -2.09. The molecule has 4 rings (SSSR count). The fourth-order valence-corrected chi connectivity index (χ4v) is 2.99. The highest BCUT2D eigenvalue weighted by Crippen LogP contribution is 2.32. The van der Waals surface area contributed by atoms with Crippen molar-refractivity contribution in [2.45, 2.75) is 6.54 Å². The van der Waals surface area contributed by atoms with Crippen molar-refractivity contribution >= 4 is 17.5 Å². The smallest absolute Gasteiger partial charge is 0.255 e. The minimum absolute atomic E-state index is 0.202. The predicted molar refractivity (Wildman–Crippen MR) is 109 cm³/mol. The van der Waals surface area contributed by atoms with Crippen molar-refractivity contribution in [1.29, 1.82) is 5.26 Å². The molecule has 0 saturated carbocycles. The number of anilines is 1. The van der Waals surface area contributed by atoms with Crippen LogP contribution in [0.2, 0.25) is 0 Å². The maximum atomic E-state index is 12.4. The molecule has 0 aromatic heterocycles. The molecule has 2 amide bonds. The summed E-state index contributed by atoms with van der Waals surface area (Å²) in [4.78, 5) is 24.8. The highest BCUT2D eigenvalue weighted by atomic mass is 16.7. The fraction of sp³-hybridized carbons (Fsp3) is 0.0870. The number of hydrogen-bond donors (Lipinski definition) is 2. The van der Waals surface area contributed by atoms with E-state index in [4.69, 9.17) is 14.7 Å². The first-order chi connectivity index (χ1) is 14.6. The molecule has 148 valence electrons. The third-order valence-corrected chi connectivity index (χ3v) is 4.60. The third kappa shape index (κ3) is 4.08. The second-order valence-corrected chi connectivity index (χ2v) is 6.56. The number of amides is 2. The van der Waals surface area contributed by atoms with E-state index < -0.39 is 0 Å². The molecule has 0 atom stereocenters. The Hall–Kier alpha value is -4.31. The second-order valence-electron chi connectivity index (χ2n) is 6.56. The standard InChI is InChI=1S/C23H17N3O4/c24-12-18-3-1-2-4-19(18)26-23(28)17-8-6-16(7-9-17)22(27)25-13-15-5-10-20-21(11-15)30-14-29-20/h1-11H,13-14H2,(H,25,27)(H,26,28). The van der Waals surface area contributed by atoms with Crippen LogP contribution in [0.15, 0.2) is 66.7 Å². The molecule has 3 aromatic rings. The predicted octanol–water partition coefficient (Wildman–Crippen LogP) is 3.47. The van der Waals surface area contributed by atoms with E-state index in [-0.39, 0.29) is 18.6 Å². The van der Waals surface area contributed by atoms with Gasteiger partial charge in [0.25, 0.3) is 11.8 Å². The van der Waals surface area contributed by atoms with Crippen LogP contribution in [0.5, 0.6) is 11.5 Å². The normalized spacial score (nSPS) is 11.4. The maximum absolute atomic E-state index is 12.4. The Morgan fingerprint density at radius 2 is 1.60 bits per heavy atom. The SMILES string of the molecule is N#Cc1ccccc1NC(=O)c1ccc(C(=O)NCc2ccc3c(c2)OCO3)cc1. The number of para-hydroxylation sites is 1. The highest BCUT2D eigenvalue weighted by molar-refractivity contribution is 6.05. The quantitative estimate of drug-likeness (QED) is 0.684. The summed E-state index contributed by atoms with van der Waals surface area (Å²) in [6, 6.07) is 20.6. The molecule has 0 bridgehead atoms. The molecule has 0 aliphatic carbocycles. The Bertz CT molecular complexity index is 1150. The molecule has 1 heterocycles. The summed E-state index contributed by atoms with van der Waals surface area (Å²) in [6.07, 6.45) is 0. The number of hydrogen-bond acceptors (Lipinski definition) is 5. The zero-order chi connectivity index (χ0) is 20.9. The first-order valence-corrected chi connectivity index (χ1v) is 9.21. The van der Waals surface area contributed by atoms with Crippen LogP contribution in [0.25, 0.3) is 0 Å². The minimum Gasteiger partial charge on any atom is -0.454 e. The lowest BCUT2D eigenvalue weighted by molar-refractivity contribution is 0.0949. The number of ether oxygens (including phenoxy) is 2. The molecule has 30 heavy (non-hydrogen) atoms. The van der Waals surface area contributed by atoms with Crippen LogP contribution in [-0.2, 0) is 6.54 Å². The number of nitrogens with zero attached hydrogens (tertiary/aromatic N) is 1. The van der Waals surface area contributed by atoms with Crippen molar-refractivity contribution in [1.82, 2.24) is 5.32 Å². The van der Waals surface area contributed by atoms with Gasteiger partial charge >= 0.3 is 0 Å². The third-order valence-electron chi connectivity index (χ3n) is 4.60. The van der Waals surface area contributed by atoms with Crippen molar-refractivity contribution < 1.29 is 19.1 Å². The van der Waals surface area contributed by atoms with E-state index in [0.29, 0.717) is 40.4 Å². The van der Waals surface area contributed by atoms with Gasteiger partial charge in [0.1, 0.15) is 6.07 Å². The molecule has 0 spiro atoms. The molecule has 7 nitrogen and oxygen atoms in total. The topological polar surface area (TPSA) is 100 Å². The van der Waals surface area contributed by atoms with E-state index in [9.17, 15) is 9.59 Å². The van der Waals surface area contributed by atoms with Gasteiger partial charge in [-0.05, 0) is 54.1 Å². The Morgan fingerprint density at radius 1 is 0.900 bits per heavy atom. The molecule has 1 aliphatic heterocycles. The van der Waals surface area contributed by atoms with Crippen molar-refractivity contribution in [3.63, 3.8) is 0 Å². The molecule has 0 saturated heterocycles. The van der Waals surface area contributed by atoms with Crippen LogP contribution < -0.4 is 20.1 Å². The molecular formula is C23H17N3O4. The van der Waals surface area contributed by atoms with Gasteiger partial charge in [0.2, 0.25) is 6.79 Å². The number of rotatable bonds is 5. The van der Waals surface area contributed by atoms with Crippen molar-refractivity contribution in [3.05, 3.63) is 89.0 Å². The summed E-state index contributed by atoms with van der Waals surface area (Å²) < 4.78 is 10.6. The number of carbonyl (C=O) groups excluding carboxylic acids is 2. The molecule has 1 aliphatic rings. The Kier molecular flexibility index (Phi) is 5.31. The molecule has 2 N–H and O–H groups in total. The summed E-state index contributed by atoms with van der Waals surface area (Å²) in [7, 11) is 0. The van der Waals surface area contributed by atoms with Crippen LogP contribution in [0, 0.1) is 11.3 Å². The minimum atomic E-state index is -0.356. The number of benzene rings is 3. The summed E-state index contributed by atoms with van der Waals surface area (Å²) in [5, 5.41) is 14.7. The average Bonchev–Trinajstić information content (AvgIpc) is 3.26. The van der Waals surface area contributed by atoms with E-state index in [1.165, 1.54) is 0 Å². The van der Waals surface area contributed by atoms with Crippen LogP contribution in [0.4, 0.5) is 5.69 Å². The Labute approximate surface area is 172 Å². The zero-order valence-corrected chi connectivity index (χ0v) is 15.8. The number of carbonyl (C=O) groups is 2. The maximum Gasteiger partial charge on any atom is 0.255 e. The van der Waals surface area contributed by atoms with Gasteiger partial charge in [-0.15, -0.1) is 0 Å². The van der Waals surface area contributed by atoms with Crippen LogP contribution in [-0.4, -0.2) is 18.6 Å². The highest BCUT2D eigenvalue weighted by Gasteiger charge is 2.14. The van der Waals surface area contributed by atoms with Gasteiger partial charge in [0, 0.05) is 17.7 Å². The number of nitriles is 1. The lowest BCUT2D eigenvalue weighted by atomic mass is 10.1. The van der Waals surface area contributed by atoms with Gasteiger partial charge in [-0.1, -0.05) is 18.2 Å². The molecule has 0 radical (unpaired) electrons. The monoisotopic (exact) mass is 399 g/mol. The number of fused-ring (bicyclic) bond motifs is 1. The molecule has 7 heteroatoms. The van der Waals surface area contributed by atoms with Crippen molar-refractivity contribution in [2.75, 3.05) is 12.1 Å². The second kappa shape index (κ2) is 8.37. The van der Waals surface area contributed by atoms with Crippen molar-refractivity contribution in [3.8, 4) is 17.6 Å². The van der Waals surface area contributed by atoms with Gasteiger partial charge in [-0.25, -0.2) is 0 Å². The van der Waals surface area contributed by atoms with Gasteiger partial charge in [-0.3, -0.25) is 9.59 Å². The van der Waals surface area contributed by atoms with Crippen LogP contribution in [0.3, 0.4) is 0 Å². The summed E-state index contributed by atoms with van der Waals surface area (Å²) in [5.74, 6) is 0.742.